The van der Waals surface area contributed by atoms with E-state index in [9.17, 15) is 14.9 Å². The van der Waals surface area contributed by atoms with Crippen molar-refractivity contribution < 1.29 is 9.72 Å². The van der Waals surface area contributed by atoms with Gasteiger partial charge in [-0.3, -0.25) is 14.9 Å². The number of amides is 1. The standard InChI is InChI=1S/C13H13N3O3/c1-8(2)12-9(3)14-15(13(12)17)10-5-4-6-11(7-10)16(18)19/h4-7H,1-3H3. The predicted octanol–water partition coefficient (Wildman–Crippen LogP) is 2.65. The molecule has 2 rings (SSSR count). The Morgan fingerprint density at radius 3 is 2.58 bits per heavy atom. The third kappa shape index (κ3) is 2.24. The van der Waals surface area contributed by atoms with E-state index >= 15 is 0 Å². The number of carbonyl (C=O) groups is 1. The van der Waals surface area contributed by atoms with Crippen molar-refractivity contribution in [3.63, 3.8) is 0 Å². The van der Waals surface area contributed by atoms with Crippen LogP contribution in [0.15, 0.2) is 40.5 Å². The Morgan fingerprint density at radius 1 is 1.37 bits per heavy atom. The number of carbonyl (C=O) groups excluding carboxylic acids is 1. The van der Waals surface area contributed by atoms with Crippen molar-refractivity contribution in [3.8, 4) is 0 Å². The van der Waals surface area contributed by atoms with Crippen molar-refractivity contribution >= 4 is 23.0 Å². The zero-order valence-electron chi connectivity index (χ0n) is 10.9. The Kier molecular flexibility index (Phi) is 3.16. The minimum Gasteiger partial charge on any atom is -0.267 e. The number of allylic oxidation sites excluding steroid dienone is 1. The van der Waals surface area contributed by atoms with Crippen LogP contribution in [0.5, 0.6) is 0 Å². The molecule has 1 amide bonds. The van der Waals surface area contributed by atoms with Crippen LogP contribution in [0.4, 0.5) is 11.4 Å². The Morgan fingerprint density at radius 2 is 2.05 bits per heavy atom. The molecule has 0 saturated carbocycles. The number of hydrogen-bond donors (Lipinski definition) is 0. The molecule has 98 valence electrons. The highest BCUT2D eigenvalue weighted by Gasteiger charge is 2.30. The van der Waals surface area contributed by atoms with Gasteiger partial charge in [-0.05, 0) is 26.8 Å². The van der Waals surface area contributed by atoms with Crippen molar-refractivity contribution in [2.45, 2.75) is 20.8 Å². The summed E-state index contributed by atoms with van der Waals surface area (Å²) in [5, 5.41) is 16.1. The summed E-state index contributed by atoms with van der Waals surface area (Å²) in [6, 6.07) is 5.87. The van der Waals surface area contributed by atoms with Crippen molar-refractivity contribution in [2.24, 2.45) is 5.10 Å². The fraction of sp³-hybridized carbons (Fsp3) is 0.231. The van der Waals surface area contributed by atoms with Gasteiger partial charge < -0.3 is 0 Å². The highest BCUT2D eigenvalue weighted by Crippen LogP contribution is 2.27. The lowest BCUT2D eigenvalue weighted by Gasteiger charge is -2.11. The molecule has 0 unspecified atom stereocenters. The first-order valence-electron chi connectivity index (χ1n) is 5.74. The molecular weight excluding hydrogens is 246 g/mol. The third-order valence-electron chi connectivity index (χ3n) is 2.80. The number of nitro benzene ring substituents is 1. The van der Waals surface area contributed by atoms with Gasteiger partial charge >= 0.3 is 0 Å². The van der Waals surface area contributed by atoms with E-state index in [1.54, 1.807) is 13.0 Å². The summed E-state index contributed by atoms with van der Waals surface area (Å²) in [4.78, 5) is 22.5. The Hall–Kier alpha value is -2.50. The molecular formula is C13H13N3O3. The van der Waals surface area contributed by atoms with Crippen LogP contribution >= 0.6 is 0 Å². The van der Waals surface area contributed by atoms with Crippen molar-refractivity contribution in [2.75, 3.05) is 5.01 Å². The second-order valence-electron chi connectivity index (χ2n) is 4.45. The molecule has 0 aromatic heterocycles. The number of non-ortho nitro benzene ring substituents is 1. The van der Waals surface area contributed by atoms with Gasteiger partial charge in [0.25, 0.3) is 11.6 Å². The largest absolute Gasteiger partial charge is 0.280 e. The molecule has 1 aromatic carbocycles. The van der Waals surface area contributed by atoms with Gasteiger partial charge in [-0.15, -0.1) is 0 Å². The summed E-state index contributed by atoms with van der Waals surface area (Å²) in [6.45, 7) is 5.42. The van der Waals surface area contributed by atoms with Crippen LogP contribution in [0.3, 0.4) is 0 Å². The van der Waals surface area contributed by atoms with Crippen molar-refractivity contribution in [1.29, 1.82) is 0 Å². The first-order chi connectivity index (χ1) is 8.91. The molecule has 0 bridgehead atoms. The molecule has 1 heterocycles. The maximum Gasteiger partial charge on any atom is 0.280 e. The molecule has 1 aliphatic rings. The van der Waals surface area contributed by atoms with Gasteiger partial charge in [-0.25, -0.2) is 0 Å². The van der Waals surface area contributed by atoms with Crippen molar-refractivity contribution in [1.82, 2.24) is 0 Å². The molecule has 0 radical (unpaired) electrons. The van der Waals surface area contributed by atoms with Gasteiger partial charge in [0.15, 0.2) is 0 Å². The summed E-state index contributed by atoms with van der Waals surface area (Å²) in [6.07, 6.45) is 0. The summed E-state index contributed by atoms with van der Waals surface area (Å²) < 4.78 is 0. The highest BCUT2D eigenvalue weighted by atomic mass is 16.6. The highest BCUT2D eigenvalue weighted by molar-refractivity contribution is 6.30. The minimum absolute atomic E-state index is 0.0659. The second-order valence-corrected chi connectivity index (χ2v) is 4.45. The number of nitro groups is 1. The van der Waals surface area contributed by atoms with E-state index in [-0.39, 0.29) is 11.6 Å². The SMILES string of the molecule is CC1=NN(c2cccc([N+](=O)[O-])c2)C(=O)C1=C(C)C. The summed E-state index contributed by atoms with van der Waals surface area (Å²) in [5.74, 6) is -0.252. The average Bonchev–Trinajstić information content (AvgIpc) is 2.65. The fourth-order valence-corrected chi connectivity index (χ4v) is 2.00. The Balaban J connectivity index is 2.45. The van der Waals surface area contributed by atoms with Crippen LogP contribution in [0.2, 0.25) is 0 Å². The molecule has 6 heteroatoms. The Bertz CT molecular complexity index is 628. The van der Waals surface area contributed by atoms with E-state index in [0.717, 1.165) is 5.57 Å². The monoisotopic (exact) mass is 259 g/mol. The first-order valence-corrected chi connectivity index (χ1v) is 5.74. The molecule has 0 fully saturated rings. The quantitative estimate of drug-likeness (QED) is 0.465. The maximum absolute atomic E-state index is 12.2. The lowest BCUT2D eigenvalue weighted by molar-refractivity contribution is -0.384. The molecule has 0 spiro atoms. The molecule has 0 aliphatic carbocycles. The predicted molar refractivity (Wildman–Crippen MR) is 72.1 cm³/mol. The van der Waals surface area contributed by atoms with Crippen LogP contribution in [-0.4, -0.2) is 16.5 Å². The van der Waals surface area contributed by atoms with E-state index in [4.69, 9.17) is 0 Å². The van der Waals surface area contributed by atoms with Crippen LogP contribution in [0.1, 0.15) is 20.8 Å². The molecule has 19 heavy (non-hydrogen) atoms. The van der Waals surface area contributed by atoms with E-state index in [0.29, 0.717) is 17.0 Å². The normalized spacial score (nSPS) is 14.7. The van der Waals surface area contributed by atoms with Crippen LogP contribution in [-0.2, 0) is 4.79 Å². The molecule has 0 saturated heterocycles. The van der Waals surface area contributed by atoms with Gasteiger partial charge in [0.2, 0.25) is 0 Å². The van der Waals surface area contributed by atoms with Crippen LogP contribution < -0.4 is 5.01 Å². The Labute approximate surface area is 110 Å². The number of rotatable bonds is 2. The summed E-state index contributed by atoms with van der Waals surface area (Å²) >= 11 is 0. The first kappa shape index (κ1) is 12.9. The topological polar surface area (TPSA) is 75.8 Å². The van der Waals surface area contributed by atoms with Crippen molar-refractivity contribution in [3.05, 3.63) is 45.5 Å². The molecule has 1 aromatic rings. The third-order valence-corrected chi connectivity index (χ3v) is 2.80. The molecule has 1 aliphatic heterocycles. The lowest BCUT2D eigenvalue weighted by atomic mass is 10.1. The number of anilines is 1. The zero-order chi connectivity index (χ0) is 14.2. The minimum atomic E-state index is -0.498. The van der Waals surface area contributed by atoms with Gasteiger partial charge in [0.05, 0.1) is 21.9 Å². The van der Waals surface area contributed by atoms with E-state index < -0.39 is 4.92 Å². The summed E-state index contributed by atoms with van der Waals surface area (Å²) in [5.41, 5.74) is 2.39. The number of hydrazone groups is 1. The van der Waals surface area contributed by atoms with E-state index in [1.165, 1.54) is 23.2 Å². The van der Waals surface area contributed by atoms with E-state index in [2.05, 4.69) is 5.10 Å². The zero-order valence-corrected chi connectivity index (χ0v) is 10.9. The van der Waals surface area contributed by atoms with E-state index in [1.807, 2.05) is 13.8 Å². The second kappa shape index (κ2) is 4.64. The lowest BCUT2D eigenvalue weighted by Crippen LogP contribution is -2.21. The van der Waals surface area contributed by atoms with Gasteiger partial charge in [-0.1, -0.05) is 11.6 Å². The fourth-order valence-electron chi connectivity index (χ4n) is 2.00. The van der Waals surface area contributed by atoms with Crippen LogP contribution in [0, 0.1) is 10.1 Å². The summed E-state index contributed by atoms with van der Waals surface area (Å²) in [7, 11) is 0. The number of nitrogens with zero attached hydrogens (tertiary/aromatic N) is 3. The van der Waals surface area contributed by atoms with Gasteiger partial charge in [0.1, 0.15) is 0 Å². The average molecular weight is 259 g/mol. The number of hydrogen-bond acceptors (Lipinski definition) is 4. The number of benzene rings is 1. The molecule has 0 atom stereocenters. The maximum atomic E-state index is 12.2. The smallest absolute Gasteiger partial charge is 0.267 e. The van der Waals surface area contributed by atoms with Crippen LogP contribution in [0.25, 0.3) is 0 Å². The molecule has 6 nitrogen and oxygen atoms in total. The van der Waals surface area contributed by atoms with Gasteiger partial charge in [0, 0.05) is 12.1 Å². The van der Waals surface area contributed by atoms with Gasteiger partial charge in [-0.2, -0.15) is 10.1 Å². The molecule has 0 N–H and O–H groups in total.